The van der Waals surface area contributed by atoms with Crippen molar-refractivity contribution in [2.45, 2.75) is 24.8 Å². The normalized spacial score (nSPS) is 22.3. The Labute approximate surface area is 77.0 Å². The van der Waals surface area contributed by atoms with E-state index in [4.69, 9.17) is 0 Å². The molecule has 3 rings (SSSR count). The number of carbonyl (C=O) groups excluding carboxylic acids is 1. The van der Waals surface area contributed by atoms with Crippen molar-refractivity contribution in [3.63, 3.8) is 0 Å². The van der Waals surface area contributed by atoms with Crippen LogP contribution in [0.3, 0.4) is 0 Å². The molecule has 0 radical (unpaired) electrons. The minimum absolute atomic E-state index is 0.130. The Balaban J connectivity index is 2.20. The van der Waals surface area contributed by atoms with Gasteiger partial charge in [0.15, 0.2) is 0 Å². The van der Waals surface area contributed by atoms with Gasteiger partial charge >= 0.3 is 0 Å². The Hall–Kier alpha value is -1.31. The van der Waals surface area contributed by atoms with Crippen LogP contribution in [0.5, 0.6) is 0 Å². The van der Waals surface area contributed by atoms with E-state index in [0.29, 0.717) is 6.54 Å². The third-order valence-electron chi connectivity index (χ3n) is 3.16. The Kier molecular flexibility index (Phi) is 1.17. The maximum Gasteiger partial charge on any atom is 0.230 e. The SMILES string of the molecule is O=C1NCc2ccccc2C12CC2. The highest BCUT2D eigenvalue weighted by Crippen LogP contribution is 2.50. The molecule has 2 heteroatoms. The van der Waals surface area contributed by atoms with E-state index in [1.165, 1.54) is 11.1 Å². The third kappa shape index (κ3) is 0.804. The average Bonchev–Trinajstić information content (AvgIpc) is 2.94. The van der Waals surface area contributed by atoms with Crippen LogP contribution in [0.4, 0.5) is 0 Å². The molecule has 2 aliphatic rings. The van der Waals surface area contributed by atoms with E-state index < -0.39 is 0 Å². The van der Waals surface area contributed by atoms with Crippen molar-refractivity contribution >= 4 is 5.91 Å². The lowest BCUT2D eigenvalue weighted by molar-refractivity contribution is -0.124. The number of amides is 1. The van der Waals surface area contributed by atoms with Gasteiger partial charge in [0.1, 0.15) is 0 Å². The van der Waals surface area contributed by atoms with Crippen molar-refractivity contribution in [2.24, 2.45) is 0 Å². The van der Waals surface area contributed by atoms with Crippen molar-refractivity contribution in [3.05, 3.63) is 35.4 Å². The highest BCUT2D eigenvalue weighted by molar-refractivity contribution is 5.93. The van der Waals surface area contributed by atoms with Crippen molar-refractivity contribution in [2.75, 3.05) is 0 Å². The van der Waals surface area contributed by atoms with E-state index >= 15 is 0 Å². The molecule has 1 spiro atoms. The van der Waals surface area contributed by atoms with Crippen LogP contribution in [0.25, 0.3) is 0 Å². The molecule has 1 aliphatic carbocycles. The zero-order valence-electron chi connectivity index (χ0n) is 7.34. The second-order valence-corrected chi connectivity index (χ2v) is 3.92. The smallest absolute Gasteiger partial charge is 0.230 e. The number of benzene rings is 1. The number of carbonyl (C=O) groups is 1. The summed E-state index contributed by atoms with van der Waals surface area (Å²) in [5.41, 5.74) is 2.42. The minimum atomic E-state index is -0.130. The van der Waals surface area contributed by atoms with E-state index in [0.717, 1.165) is 12.8 Å². The third-order valence-corrected chi connectivity index (χ3v) is 3.16. The molecule has 1 aromatic carbocycles. The molecule has 1 aliphatic heterocycles. The standard InChI is InChI=1S/C11H11NO/c13-10-11(5-6-11)9-4-2-1-3-8(9)7-12-10/h1-4H,5-7H2,(H,12,13). The van der Waals surface area contributed by atoms with Crippen molar-refractivity contribution in [3.8, 4) is 0 Å². The molecule has 0 aromatic heterocycles. The molecule has 13 heavy (non-hydrogen) atoms. The highest BCUT2D eigenvalue weighted by Gasteiger charge is 2.53. The number of hydrogen-bond donors (Lipinski definition) is 1. The molecule has 1 amide bonds. The topological polar surface area (TPSA) is 29.1 Å². The molecular formula is C11H11NO. The molecule has 0 bridgehead atoms. The molecule has 0 atom stereocenters. The molecule has 1 aromatic rings. The molecule has 1 N–H and O–H groups in total. The van der Waals surface area contributed by atoms with Crippen molar-refractivity contribution in [1.82, 2.24) is 5.32 Å². The van der Waals surface area contributed by atoms with Gasteiger partial charge in [0.05, 0.1) is 5.41 Å². The summed E-state index contributed by atoms with van der Waals surface area (Å²) in [6.45, 7) is 0.705. The highest BCUT2D eigenvalue weighted by atomic mass is 16.2. The van der Waals surface area contributed by atoms with Gasteiger partial charge in [0.25, 0.3) is 0 Å². The van der Waals surface area contributed by atoms with Crippen molar-refractivity contribution < 1.29 is 4.79 Å². The summed E-state index contributed by atoms with van der Waals surface area (Å²) in [4.78, 5) is 11.6. The van der Waals surface area contributed by atoms with Gasteiger partial charge in [-0.05, 0) is 24.0 Å². The van der Waals surface area contributed by atoms with Gasteiger partial charge in [0, 0.05) is 6.54 Å². The second-order valence-electron chi connectivity index (χ2n) is 3.92. The molecule has 0 saturated heterocycles. The maximum atomic E-state index is 11.6. The van der Waals surface area contributed by atoms with Gasteiger partial charge in [-0.25, -0.2) is 0 Å². The molecule has 0 unspecified atom stereocenters. The van der Waals surface area contributed by atoms with Gasteiger partial charge in [-0.1, -0.05) is 24.3 Å². The summed E-state index contributed by atoms with van der Waals surface area (Å²) >= 11 is 0. The predicted octanol–water partition coefficient (Wildman–Crippen LogP) is 1.35. The zero-order valence-corrected chi connectivity index (χ0v) is 7.34. The molecular weight excluding hydrogens is 162 g/mol. The first-order valence-electron chi connectivity index (χ1n) is 4.70. The Bertz CT molecular complexity index is 379. The first-order valence-corrected chi connectivity index (χ1v) is 4.70. The predicted molar refractivity (Wildman–Crippen MR) is 49.2 cm³/mol. The number of nitrogens with one attached hydrogen (secondary N) is 1. The zero-order chi connectivity index (χ0) is 8.89. The molecule has 1 heterocycles. The van der Waals surface area contributed by atoms with Gasteiger partial charge in [-0.3, -0.25) is 4.79 Å². The van der Waals surface area contributed by atoms with Crippen LogP contribution in [0.2, 0.25) is 0 Å². The molecule has 66 valence electrons. The van der Waals surface area contributed by atoms with Crippen molar-refractivity contribution in [1.29, 1.82) is 0 Å². The fourth-order valence-corrected chi connectivity index (χ4v) is 2.23. The van der Waals surface area contributed by atoms with Crippen LogP contribution >= 0.6 is 0 Å². The second kappa shape index (κ2) is 2.13. The summed E-state index contributed by atoms with van der Waals surface area (Å²) in [7, 11) is 0. The van der Waals surface area contributed by atoms with Gasteiger partial charge in [0.2, 0.25) is 5.91 Å². The van der Waals surface area contributed by atoms with Crippen LogP contribution in [-0.4, -0.2) is 5.91 Å². The first kappa shape index (κ1) is 7.13. The Morgan fingerprint density at radius 2 is 2.00 bits per heavy atom. The van der Waals surface area contributed by atoms with Crippen LogP contribution in [0, 0.1) is 0 Å². The fraction of sp³-hybridized carbons (Fsp3) is 0.364. The van der Waals surface area contributed by atoms with Gasteiger partial charge in [-0.15, -0.1) is 0 Å². The monoisotopic (exact) mass is 173 g/mol. The number of hydrogen-bond acceptors (Lipinski definition) is 1. The van der Waals surface area contributed by atoms with E-state index in [-0.39, 0.29) is 11.3 Å². The molecule has 2 nitrogen and oxygen atoms in total. The van der Waals surface area contributed by atoms with Crippen LogP contribution in [0.15, 0.2) is 24.3 Å². The van der Waals surface area contributed by atoms with E-state index in [1.807, 2.05) is 12.1 Å². The lowest BCUT2D eigenvalue weighted by Crippen LogP contribution is -2.39. The summed E-state index contributed by atoms with van der Waals surface area (Å²) in [6.07, 6.45) is 2.05. The summed E-state index contributed by atoms with van der Waals surface area (Å²) in [5.74, 6) is 0.228. The first-order chi connectivity index (χ1) is 6.33. The Morgan fingerprint density at radius 1 is 1.23 bits per heavy atom. The fourth-order valence-electron chi connectivity index (χ4n) is 2.23. The number of rotatable bonds is 0. The van der Waals surface area contributed by atoms with Crippen LogP contribution < -0.4 is 5.32 Å². The lowest BCUT2D eigenvalue weighted by atomic mass is 9.87. The largest absolute Gasteiger partial charge is 0.351 e. The summed E-state index contributed by atoms with van der Waals surface area (Å²) < 4.78 is 0. The van der Waals surface area contributed by atoms with Gasteiger partial charge in [-0.2, -0.15) is 0 Å². The maximum absolute atomic E-state index is 11.6. The van der Waals surface area contributed by atoms with Crippen LogP contribution in [0.1, 0.15) is 24.0 Å². The van der Waals surface area contributed by atoms with E-state index in [1.54, 1.807) is 0 Å². The van der Waals surface area contributed by atoms with Crippen LogP contribution in [-0.2, 0) is 16.8 Å². The minimum Gasteiger partial charge on any atom is -0.351 e. The summed E-state index contributed by atoms with van der Waals surface area (Å²) in [5, 5.41) is 2.95. The lowest BCUT2D eigenvalue weighted by Gasteiger charge is -2.24. The Morgan fingerprint density at radius 3 is 2.77 bits per heavy atom. The summed E-state index contributed by atoms with van der Waals surface area (Å²) in [6, 6.07) is 8.26. The van der Waals surface area contributed by atoms with Gasteiger partial charge < -0.3 is 5.32 Å². The number of fused-ring (bicyclic) bond motifs is 2. The quantitative estimate of drug-likeness (QED) is 0.630. The van der Waals surface area contributed by atoms with E-state index in [2.05, 4.69) is 17.4 Å². The van der Waals surface area contributed by atoms with E-state index in [9.17, 15) is 4.79 Å². The average molecular weight is 173 g/mol. The molecule has 1 saturated carbocycles. The molecule has 1 fully saturated rings.